The van der Waals surface area contributed by atoms with E-state index in [-0.39, 0.29) is 5.56 Å². The van der Waals surface area contributed by atoms with Crippen molar-refractivity contribution >= 4 is 38.3 Å². The molecule has 6 nitrogen and oxygen atoms in total. The molecule has 0 aliphatic carbocycles. The Hall–Kier alpha value is -3.11. The third-order valence-corrected chi connectivity index (χ3v) is 4.49. The lowest BCUT2D eigenvalue weighted by Crippen LogP contribution is -2.05. The number of hydrogen-bond acceptors (Lipinski definition) is 6. The summed E-state index contributed by atoms with van der Waals surface area (Å²) in [6.07, 6.45) is 0. The maximum atomic E-state index is 11.1. The fourth-order valence-corrected chi connectivity index (χ4v) is 3.24. The van der Waals surface area contributed by atoms with Gasteiger partial charge in [-0.2, -0.15) is 5.26 Å². The summed E-state index contributed by atoms with van der Waals surface area (Å²) in [6, 6.07) is 12.3. The van der Waals surface area contributed by atoms with Crippen LogP contribution in [0.2, 0.25) is 0 Å². The van der Waals surface area contributed by atoms with E-state index in [1.807, 2.05) is 19.9 Å². The highest BCUT2D eigenvalue weighted by Gasteiger charge is 2.10. The third kappa shape index (κ3) is 3.92. The van der Waals surface area contributed by atoms with Gasteiger partial charge in [-0.05, 0) is 42.3 Å². The molecule has 0 radical (unpaired) electrons. The van der Waals surface area contributed by atoms with Crippen molar-refractivity contribution in [3.8, 4) is 11.8 Å². The van der Waals surface area contributed by atoms with Crippen LogP contribution >= 0.6 is 11.3 Å². The molecule has 7 heteroatoms. The van der Waals surface area contributed by atoms with Crippen LogP contribution in [0, 0.1) is 17.2 Å². The highest BCUT2D eigenvalue weighted by molar-refractivity contribution is 7.22. The number of aromatic nitrogens is 1. The standard InChI is InChI=1S/C19H17N3O3S/c1-11(2)10-25-16-6-4-14(7-13(16)9-20)21-19-22-15-5-3-12(18(23)24)8-17(15)26-19/h3-8,11H,10H2,1-2H3,(H,21,22)(H,23,24). The summed E-state index contributed by atoms with van der Waals surface area (Å²) in [5.74, 6) is -0.0367. The van der Waals surface area contributed by atoms with Crippen molar-refractivity contribution in [2.75, 3.05) is 11.9 Å². The molecule has 132 valence electrons. The van der Waals surface area contributed by atoms with Crippen LogP contribution in [0.3, 0.4) is 0 Å². The molecule has 0 aliphatic heterocycles. The van der Waals surface area contributed by atoms with E-state index >= 15 is 0 Å². The average Bonchev–Trinajstić information content (AvgIpc) is 3.01. The van der Waals surface area contributed by atoms with E-state index in [2.05, 4.69) is 16.4 Å². The summed E-state index contributed by atoms with van der Waals surface area (Å²) in [7, 11) is 0. The van der Waals surface area contributed by atoms with Gasteiger partial charge in [0.05, 0.1) is 28.0 Å². The van der Waals surface area contributed by atoms with Gasteiger partial charge in [-0.15, -0.1) is 0 Å². The zero-order valence-corrected chi connectivity index (χ0v) is 15.1. The van der Waals surface area contributed by atoms with E-state index in [0.717, 1.165) is 15.9 Å². The zero-order valence-electron chi connectivity index (χ0n) is 14.3. The molecule has 26 heavy (non-hydrogen) atoms. The first-order valence-electron chi connectivity index (χ1n) is 8.04. The first-order chi connectivity index (χ1) is 12.5. The average molecular weight is 367 g/mol. The highest BCUT2D eigenvalue weighted by Crippen LogP contribution is 2.30. The van der Waals surface area contributed by atoms with Gasteiger partial charge in [0.2, 0.25) is 0 Å². The van der Waals surface area contributed by atoms with Gasteiger partial charge in [-0.1, -0.05) is 25.2 Å². The van der Waals surface area contributed by atoms with Crippen molar-refractivity contribution in [1.82, 2.24) is 4.98 Å². The number of nitrogens with zero attached hydrogens (tertiary/aromatic N) is 2. The van der Waals surface area contributed by atoms with Crippen LogP contribution in [0.1, 0.15) is 29.8 Å². The Labute approximate surface area is 154 Å². The van der Waals surface area contributed by atoms with Gasteiger partial charge >= 0.3 is 5.97 Å². The van der Waals surface area contributed by atoms with E-state index in [1.165, 1.54) is 17.4 Å². The molecule has 0 fully saturated rings. The lowest BCUT2D eigenvalue weighted by atomic mass is 10.2. The van der Waals surface area contributed by atoms with Gasteiger partial charge in [-0.3, -0.25) is 0 Å². The maximum Gasteiger partial charge on any atom is 0.335 e. The molecule has 0 saturated carbocycles. The second kappa shape index (κ2) is 7.42. The van der Waals surface area contributed by atoms with Gasteiger partial charge < -0.3 is 15.2 Å². The van der Waals surface area contributed by atoms with E-state index in [4.69, 9.17) is 9.84 Å². The predicted molar refractivity (Wildman–Crippen MR) is 101 cm³/mol. The molecule has 1 aromatic heterocycles. The van der Waals surface area contributed by atoms with Crippen molar-refractivity contribution in [1.29, 1.82) is 5.26 Å². The molecular formula is C19H17N3O3S. The van der Waals surface area contributed by atoms with E-state index < -0.39 is 5.97 Å². The first kappa shape index (κ1) is 17.7. The van der Waals surface area contributed by atoms with Crippen LogP contribution in [0.25, 0.3) is 10.2 Å². The molecule has 0 aliphatic rings. The summed E-state index contributed by atoms with van der Waals surface area (Å²) in [6.45, 7) is 4.64. The molecule has 0 bridgehead atoms. The van der Waals surface area contributed by atoms with Crippen LogP contribution in [0.4, 0.5) is 10.8 Å². The van der Waals surface area contributed by atoms with Crippen molar-refractivity contribution < 1.29 is 14.6 Å². The normalized spacial score (nSPS) is 10.7. The van der Waals surface area contributed by atoms with Gasteiger partial charge in [0.1, 0.15) is 11.8 Å². The van der Waals surface area contributed by atoms with E-state index in [9.17, 15) is 10.1 Å². The van der Waals surface area contributed by atoms with Crippen molar-refractivity contribution in [3.63, 3.8) is 0 Å². The summed E-state index contributed by atoms with van der Waals surface area (Å²) in [5.41, 5.74) is 2.12. The minimum atomic E-state index is -0.967. The number of ether oxygens (including phenoxy) is 1. The number of fused-ring (bicyclic) bond motifs is 1. The largest absolute Gasteiger partial charge is 0.492 e. The Morgan fingerprint density at radius 3 is 2.85 bits per heavy atom. The summed E-state index contributed by atoms with van der Waals surface area (Å²) < 4.78 is 6.44. The number of hydrogen-bond donors (Lipinski definition) is 2. The van der Waals surface area contributed by atoms with Gasteiger partial charge in [-0.25, -0.2) is 9.78 Å². The van der Waals surface area contributed by atoms with Crippen LogP contribution in [0.5, 0.6) is 5.75 Å². The van der Waals surface area contributed by atoms with E-state index in [1.54, 1.807) is 24.3 Å². The fourth-order valence-electron chi connectivity index (χ4n) is 2.31. The molecule has 0 amide bonds. The number of rotatable bonds is 6. The molecule has 2 N–H and O–H groups in total. The number of aromatic carboxylic acids is 1. The molecule has 1 heterocycles. The number of benzene rings is 2. The fraction of sp³-hybridized carbons (Fsp3) is 0.211. The van der Waals surface area contributed by atoms with Crippen molar-refractivity contribution in [2.45, 2.75) is 13.8 Å². The molecule has 0 atom stereocenters. The number of carbonyl (C=O) groups is 1. The van der Waals surface area contributed by atoms with Crippen LogP contribution < -0.4 is 10.1 Å². The number of anilines is 2. The number of carboxylic acid groups (broad SMARTS) is 1. The molecule has 0 spiro atoms. The summed E-state index contributed by atoms with van der Waals surface area (Å²) >= 11 is 1.36. The Kier molecular flexibility index (Phi) is 5.05. The van der Waals surface area contributed by atoms with Gasteiger partial charge in [0.25, 0.3) is 0 Å². The minimum Gasteiger partial charge on any atom is -0.492 e. The van der Waals surface area contributed by atoms with Gasteiger partial charge in [0.15, 0.2) is 5.13 Å². The number of thiazole rings is 1. The van der Waals surface area contributed by atoms with Crippen molar-refractivity contribution in [3.05, 3.63) is 47.5 Å². The second-order valence-corrected chi connectivity index (χ2v) is 7.19. The van der Waals surface area contributed by atoms with Gasteiger partial charge in [0, 0.05) is 5.69 Å². The Morgan fingerprint density at radius 2 is 2.15 bits per heavy atom. The molecule has 0 unspecified atom stereocenters. The smallest absolute Gasteiger partial charge is 0.335 e. The third-order valence-electron chi connectivity index (χ3n) is 3.56. The SMILES string of the molecule is CC(C)COc1ccc(Nc2nc3ccc(C(=O)O)cc3s2)cc1C#N. The second-order valence-electron chi connectivity index (χ2n) is 6.16. The Bertz CT molecular complexity index is 1000. The first-order valence-corrected chi connectivity index (χ1v) is 8.86. The highest BCUT2D eigenvalue weighted by atomic mass is 32.1. The van der Waals surface area contributed by atoms with Crippen molar-refractivity contribution in [2.24, 2.45) is 5.92 Å². The lowest BCUT2D eigenvalue weighted by Gasteiger charge is -2.11. The predicted octanol–water partition coefficient (Wildman–Crippen LogP) is 4.64. The van der Waals surface area contributed by atoms with Crippen LogP contribution in [0.15, 0.2) is 36.4 Å². The van der Waals surface area contributed by atoms with Crippen LogP contribution in [-0.2, 0) is 0 Å². The molecular weight excluding hydrogens is 350 g/mol. The quantitative estimate of drug-likeness (QED) is 0.659. The topological polar surface area (TPSA) is 95.2 Å². The molecule has 3 rings (SSSR count). The molecule has 0 saturated heterocycles. The monoisotopic (exact) mass is 367 g/mol. The Morgan fingerprint density at radius 1 is 1.35 bits per heavy atom. The summed E-state index contributed by atoms with van der Waals surface area (Å²) in [5, 5.41) is 22.2. The Balaban J connectivity index is 1.83. The lowest BCUT2D eigenvalue weighted by molar-refractivity contribution is 0.0697. The number of nitriles is 1. The zero-order chi connectivity index (χ0) is 18.7. The number of carboxylic acids is 1. The molecule has 2 aromatic carbocycles. The minimum absolute atomic E-state index is 0.228. The van der Waals surface area contributed by atoms with E-state index in [0.29, 0.717) is 29.0 Å². The summed E-state index contributed by atoms with van der Waals surface area (Å²) in [4.78, 5) is 15.5. The molecule has 3 aromatic rings. The number of nitrogens with one attached hydrogen (secondary N) is 1. The maximum absolute atomic E-state index is 11.1. The van der Waals surface area contributed by atoms with Crippen LogP contribution in [-0.4, -0.2) is 22.7 Å².